The van der Waals surface area contributed by atoms with Crippen molar-refractivity contribution in [1.82, 2.24) is 0 Å². The quantitative estimate of drug-likeness (QED) is 0.331. The smallest absolute Gasteiger partial charge is 0.00369 e. The minimum Gasteiger partial charge on any atom is -0.0944 e. The van der Waals surface area contributed by atoms with Crippen molar-refractivity contribution >= 4 is 43.2 Å². The molecule has 0 aromatic heterocycles. The molecule has 0 bridgehead atoms. The van der Waals surface area contributed by atoms with E-state index in [9.17, 15) is 0 Å². The van der Waals surface area contributed by atoms with Crippen LogP contribution < -0.4 is 0 Å². The predicted molar refractivity (Wildman–Crippen MR) is 84.3 cm³/mol. The molecule has 0 N–H and O–H groups in total. The van der Waals surface area contributed by atoms with Crippen molar-refractivity contribution in [3.05, 3.63) is 0 Å². The van der Waals surface area contributed by atoms with Gasteiger partial charge in [-0.2, -0.15) is 0 Å². The van der Waals surface area contributed by atoms with Gasteiger partial charge in [-0.05, 0) is 12.8 Å². The van der Waals surface area contributed by atoms with Crippen molar-refractivity contribution in [3.8, 4) is 0 Å². The van der Waals surface area contributed by atoms with Crippen molar-refractivity contribution in [3.63, 3.8) is 0 Å². The van der Waals surface area contributed by atoms with Crippen LogP contribution in [0, 0.1) is 0 Å². The zero-order valence-electron chi connectivity index (χ0n) is 10.00. The maximum atomic E-state index is 2.23. The Hall–Kier alpha value is 1.40. The summed E-state index contributed by atoms with van der Waals surface area (Å²) in [6, 6.07) is 0. The van der Waals surface area contributed by atoms with Crippen LogP contribution in [0.5, 0.6) is 0 Å². The van der Waals surface area contributed by atoms with E-state index < -0.39 is 0 Å². The lowest BCUT2D eigenvalue weighted by Crippen LogP contribution is -1.83. The second-order valence-corrected chi connectivity index (χ2v) is 8.97. The Morgan fingerprint density at radius 1 is 0.533 bits per heavy atom. The fraction of sp³-hybridized carbons (Fsp3) is 1.00. The van der Waals surface area contributed by atoms with Crippen molar-refractivity contribution in [2.45, 2.75) is 46.0 Å². The molecule has 0 heterocycles. The van der Waals surface area contributed by atoms with Crippen molar-refractivity contribution in [2.75, 3.05) is 23.0 Å². The van der Waals surface area contributed by atoms with Crippen LogP contribution >= 0.6 is 43.2 Å². The third-order valence-electron chi connectivity index (χ3n) is 1.86. The highest BCUT2D eigenvalue weighted by Gasteiger charge is 1.92. The summed E-state index contributed by atoms with van der Waals surface area (Å²) in [5.74, 6) is 5.19. The monoisotopic (exact) mass is 284 g/mol. The molecule has 4 heteroatoms. The first-order valence-electron chi connectivity index (χ1n) is 5.90. The van der Waals surface area contributed by atoms with Crippen LogP contribution in [0.15, 0.2) is 0 Å². The molecule has 0 atom stereocenters. The van der Waals surface area contributed by atoms with Crippen LogP contribution in [-0.2, 0) is 0 Å². The van der Waals surface area contributed by atoms with E-state index in [1.807, 2.05) is 43.2 Å². The van der Waals surface area contributed by atoms with Gasteiger partial charge in [-0.25, -0.2) is 0 Å². The Bertz CT molecular complexity index is 96.8. The number of hydrogen-bond acceptors (Lipinski definition) is 4. The summed E-state index contributed by atoms with van der Waals surface area (Å²) >= 11 is 0. The minimum absolute atomic E-state index is 1.25. The molecule has 0 rings (SSSR count). The molecule has 0 aromatic rings. The van der Waals surface area contributed by atoms with E-state index in [-0.39, 0.29) is 0 Å². The molecule has 0 amide bonds. The van der Waals surface area contributed by atoms with Crippen LogP contribution in [0.4, 0.5) is 0 Å². The molecule has 0 spiro atoms. The standard InChI is InChI=1S/C11H24S4/c1-3-12-14-10-8-6-5-7-9-11-15-13-4-2/h3-11H2,1-2H3. The van der Waals surface area contributed by atoms with Gasteiger partial charge in [0.15, 0.2) is 0 Å². The van der Waals surface area contributed by atoms with Crippen LogP contribution in [0.1, 0.15) is 46.0 Å². The van der Waals surface area contributed by atoms with Gasteiger partial charge in [-0.3, -0.25) is 0 Å². The number of unbranched alkanes of at least 4 members (excludes halogenated alkanes) is 4. The Morgan fingerprint density at radius 2 is 0.933 bits per heavy atom. The molecular formula is C11H24S4. The zero-order valence-corrected chi connectivity index (χ0v) is 13.3. The Kier molecular flexibility index (Phi) is 16.8. The molecule has 0 fully saturated rings. The highest BCUT2D eigenvalue weighted by Crippen LogP contribution is 2.23. The first-order chi connectivity index (χ1) is 7.41. The number of rotatable bonds is 12. The second-order valence-electron chi connectivity index (χ2n) is 3.22. The Morgan fingerprint density at radius 3 is 1.33 bits per heavy atom. The van der Waals surface area contributed by atoms with E-state index in [0.717, 1.165) is 0 Å². The van der Waals surface area contributed by atoms with Crippen LogP contribution in [0.25, 0.3) is 0 Å². The zero-order chi connectivity index (χ0) is 11.2. The summed E-state index contributed by atoms with van der Waals surface area (Å²) in [5.41, 5.74) is 0. The van der Waals surface area contributed by atoms with Gasteiger partial charge in [-0.15, -0.1) is 0 Å². The highest BCUT2D eigenvalue weighted by molar-refractivity contribution is 8.77. The van der Waals surface area contributed by atoms with Gasteiger partial charge in [-0.1, -0.05) is 76.3 Å². The SMILES string of the molecule is CCSSCCCCCCCSSCC. The molecule has 0 aliphatic rings. The summed E-state index contributed by atoms with van der Waals surface area (Å²) in [4.78, 5) is 0. The van der Waals surface area contributed by atoms with E-state index in [0.29, 0.717) is 0 Å². The second kappa shape index (κ2) is 15.4. The summed E-state index contributed by atoms with van der Waals surface area (Å²) in [5, 5.41) is 0. The Labute approximate surface area is 112 Å². The maximum Gasteiger partial charge on any atom is 0.00369 e. The molecule has 0 nitrogen and oxygen atoms in total. The normalized spacial score (nSPS) is 10.8. The molecule has 0 aromatic carbocycles. The minimum atomic E-state index is 1.25. The van der Waals surface area contributed by atoms with Gasteiger partial charge >= 0.3 is 0 Å². The average Bonchev–Trinajstić information content (AvgIpc) is 2.26. The molecule has 0 unspecified atom stereocenters. The van der Waals surface area contributed by atoms with Crippen LogP contribution in [-0.4, -0.2) is 23.0 Å². The molecule has 0 aliphatic carbocycles. The fourth-order valence-electron chi connectivity index (χ4n) is 1.14. The maximum absolute atomic E-state index is 2.23. The summed E-state index contributed by atoms with van der Waals surface area (Å²) in [6.07, 6.45) is 7.13. The van der Waals surface area contributed by atoms with E-state index in [1.54, 1.807) is 0 Å². The van der Waals surface area contributed by atoms with Gasteiger partial charge in [0.25, 0.3) is 0 Å². The van der Waals surface area contributed by atoms with Crippen molar-refractivity contribution in [2.24, 2.45) is 0 Å². The number of hydrogen-bond donors (Lipinski definition) is 0. The Balaban J connectivity index is 2.81. The van der Waals surface area contributed by atoms with Gasteiger partial charge in [0.05, 0.1) is 0 Å². The molecular weight excluding hydrogens is 260 g/mol. The molecule has 92 valence electrons. The lowest BCUT2D eigenvalue weighted by atomic mass is 10.2. The van der Waals surface area contributed by atoms with E-state index in [4.69, 9.17) is 0 Å². The predicted octanol–water partition coefficient (Wildman–Crippen LogP) is 5.74. The van der Waals surface area contributed by atoms with Crippen molar-refractivity contribution in [1.29, 1.82) is 0 Å². The fourth-order valence-corrected chi connectivity index (χ4v) is 4.76. The van der Waals surface area contributed by atoms with E-state index in [2.05, 4.69) is 13.8 Å². The first-order valence-corrected chi connectivity index (χ1v) is 10.9. The molecule has 0 saturated heterocycles. The van der Waals surface area contributed by atoms with Crippen LogP contribution in [0.2, 0.25) is 0 Å². The third kappa shape index (κ3) is 15.4. The summed E-state index contributed by atoms with van der Waals surface area (Å²) < 4.78 is 0. The highest BCUT2D eigenvalue weighted by atomic mass is 33.1. The lowest BCUT2D eigenvalue weighted by Gasteiger charge is -2.01. The van der Waals surface area contributed by atoms with E-state index in [1.165, 1.54) is 55.1 Å². The third-order valence-corrected chi connectivity index (χ3v) is 6.99. The molecule has 0 radical (unpaired) electrons. The molecule has 0 saturated carbocycles. The van der Waals surface area contributed by atoms with E-state index >= 15 is 0 Å². The average molecular weight is 285 g/mol. The van der Waals surface area contributed by atoms with Gasteiger partial charge in [0.1, 0.15) is 0 Å². The van der Waals surface area contributed by atoms with Gasteiger partial charge < -0.3 is 0 Å². The summed E-state index contributed by atoms with van der Waals surface area (Å²) in [6.45, 7) is 4.45. The topological polar surface area (TPSA) is 0 Å². The first kappa shape index (κ1) is 16.4. The lowest BCUT2D eigenvalue weighted by molar-refractivity contribution is 0.663. The largest absolute Gasteiger partial charge is 0.0944 e. The van der Waals surface area contributed by atoms with Crippen molar-refractivity contribution < 1.29 is 0 Å². The molecule has 0 aliphatic heterocycles. The molecule has 15 heavy (non-hydrogen) atoms. The van der Waals surface area contributed by atoms with Gasteiger partial charge in [0.2, 0.25) is 0 Å². The summed E-state index contributed by atoms with van der Waals surface area (Å²) in [7, 11) is 8.07. The van der Waals surface area contributed by atoms with Crippen LogP contribution in [0.3, 0.4) is 0 Å². The van der Waals surface area contributed by atoms with Gasteiger partial charge in [0, 0.05) is 23.0 Å².